The Balaban J connectivity index is 2.63. The van der Waals surface area contributed by atoms with E-state index < -0.39 is 0 Å². The van der Waals surface area contributed by atoms with Gasteiger partial charge >= 0.3 is 0 Å². The van der Waals surface area contributed by atoms with Crippen LogP contribution in [0.5, 0.6) is 0 Å². The highest BCUT2D eigenvalue weighted by atomic mass is 15.4. The molecule has 2 heteroatoms. The summed E-state index contributed by atoms with van der Waals surface area (Å²) in [6.45, 7) is 7.01. The fourth-order valence-electron chi connectivity index (χ4n) is 1.38. The summed E-state index contributed by atoms with van der Waals surface area (Å²) in [5.74, 6) is 0. The zero-order chi connectivity index (χ0) is 7.78. The lowest BCUT2D eigenvalue weighted by Gasteiger charge is -2.47. The average Bonchev–Trinajstić information content (AvgIpc) is 1.84. The van der Waals surface area contributed by atoms with Crippen LogP contribution < -0.4 is 0 Å². The van der Waals surface area contributed by atoms with Crippen LogP contribution in [0.4, 0.5) is 0 Å². The summed E-state index contributed by atoms with van der Waals surface area (Å²) in [7, 11) is 4.38. The van der Waals surface area contributed by atoms with Crippen LogP contribution in [0.1, 0.15) is 20.3 Å². The van der Waals surface area contributed by atoms with E-state index in [1.165, 1.54) is 19.5 Å². The van der Waals surface area contributed by atoms with Crippen molar-refractivity contribution >= 4 is 0 Å². The fraction of sp³-hybridized carbons (Fsp3) is 1.00. The molecule has 0 radical (unpaired) electrons. The van der Waals surface area contributed by atoms with Gasteiger partial charge in [-0.1, -0.05) is 0 Å². The van der Waals surface area contributed by atoms with Crippen LogP contribution in [-0.4, -0.2) is 42.6 Å². The molecular formula is C8H18N2. The Morgan fingerprint density at radius 3 is 1.70 bits per heavy atom. The van der Waals surface area contributed by atoms with Crippen LogP contribution in [0, 0.1) is 0 Å². The maximum Gasteiger partial charge on any atom is 0.0674 e. The van der Waals surface area contributed by atoms with E-state index >= 15 is 0 Å². The van der Waals surface area contributed by atoms with Gasteiger partial charge in [-0.25, -0.2) is 0 Å². The predicted molar refractivity (Wildman–Crippen MR) is 44.0 cm³/mol. The van der Waals surface area contributed by atoms with Crippen molar-refractivity contribution in [2.45, 2.75) is 25.9 Å². The van der Waals surface area contributed by atoms with E-state index in [1.54, 1.807) is 0 Å². The first-order valence-corrected chi connectivity index (χ1v) is 3.97. The van der Waals surface area contributed by atoms with E-state index in [1.807, 2.05) is 0 Å². The molecular weight excluding hydrogens is 124 g/mol. The number of rotatable bonds is 0. The normalized spacial score (nSPS) is 28.8. The van der Waals surface area contributed by atoms with Gasteiger partial charge in [0.2, 0.25) is 0 Å². The first-order valence-electron chi connectivity index (χ1n) is 3.97. The standard InChI is InChI=1S/C8H18N2/c1-8(2)9(3)6-5-7-10(8)4/h5-7H2,1-4H3. The molecule has 0 unspecified atom stereocenters. The van der Waals surface area contributed by atoms with Crippen LogP contribution in [0.2, 0.25) is 0 Å². The van der Waals surface area contributed by atoms with Crippen molar-refractivity contribution in [2.75, 3.05) is 27.2 Å². The van der Waals surface area contributed by atoms with Crippen molar-refractivity contribution in [3.8, 4) is 0 Å². The molecule has 0 N–H and O–H groups in total. The minimum atomic E-state index is 0.262. The van der Waals surface area contributed by atoms with Gasteiger partial charge in [0, 0.05) is 13.1 Å². The molecule has 0 amide bonds. The quantitative estimate of drug-likeness (QED) is 0.497. The third-order valence-corrected chi connectivity index (χ3v) is 2.86. The summed E-state index contributed by atoms with van der Waals surface area (Å²) in [5, 5.41) is 0. The molecule has 1 saturated heterocycles. The van der Waals surface area contributed by atoms with Gasteiger partial charge in [0.15, 0.2) is 0 Å². The molecule has 1 aliphatic heterocycles. The molecule has 0 atom stereocenters. The van der Waals surface area contributed by atoms with E-state index in [2.05, 4.69) is 37.7 Å². The van der Waals surface area contributed by atoms with Crippen LogP contribution >= 0.6 is 0 Å². The Morgan fingerprint density at radius 1 is 1.00 bits per heavy atom. The largest absolute Gasteiger partial charge is 0.289 e. The minimum Gasteiger partial charge on any atom is -0.289 e. The third kappa shape index (κ3) is 1.18. The second-order valence-corrected chi connectivity index (χ2v) is 3.69. The molecule has 1 aliphatic rings. The summed E-state index contributed by atoms with van der Waals surface area (Å²) >= 11 is 0. The third-order valence-electron chi connectivity index (χ3n) is 2.86. The van der Waals surface area contributed by atoms with Gasteiger partial charge in [0.1, 0.15) is 0 Å². The second-order valence-electron chi connectivity index (χ2n) is 3.69. The van der Waals surface area contributed by atoms with Gasteiger partial charge in [-0.3, -0.25) is 9.80 Å². The number of hydrogen-bond acceptors (Lipinski definition) is 2. The van der Waals surface area contributed by atoms with Crippen molar-refractivity contribution in [1.82, 2.24) is 9.80 Å². The van der Waals surface area contributed by atoms with Crippen molar-refractivity contribution in [3.63, 3.8) is 0 Å². The Labute approximate surface area is 63.8 Å². The van der Waals surface area contributed by atoms with E-state index in [0.29, 0.717) is 0 Å². The first-order chi connectivity index (χ1) is 4.55. The maximum absolute atomic E-state index is 2.40. The van der Waals surface area contributed by atoms with Gasteiger partial charge < -0.3 is 0 Å². The summed E-state index contributed by atoms with van der Waals surface area (Å²) in [5.41, 5.74) is 0.262. The zero-order valence-electron chi connectivity index (χ0n) is 7.52. The molecule has 60 valence electrons. The summed E-state index contributed by atoms with van der Waals surface area (Å²) in [6.07, 6.45) is 1.30. The summed E-state index contributed by atoms with van der Waals surface area (Å²) in [4.78, 5) is 4.80. The van der Waals surface area contributed by atoms with Crippen molar-refractivity contribution in [3.05, 3.63) is 0 Å². The zero-order valence-corrected chi connectivity index (χ0v) is 7.52. The topological polar surface area (TPSA) is 6.48 Å². The van der Waals surface area contributed by atoms with Gasteiger partial charge in [-0.15, -0.1) is 0 Å². The van der Waals surface area contributed by atoms with Crippen LogP contribution in [-0.2, 0) is 0 Å². The van der Waals surface area contributed by atoms with Crippen LogP contribution in [0.15, 0.2) is 0 Å². The minimum absolute atomic E-state index is 0.262. The Bertz CT molecular complexity index is 108. The molecule has 2 nitrogen and oxygen atoms in total. The monoisotopic (exact) mass is 142 g/mol. The Kier molecular flexibility index (Phi) is 2.02. The lowest BCUT2D eigenvalue weighted by Crippen LogP contribution is -2.57. The van der Waals surface area contributed by atoms with E-state index in [9.17, 15) is 0 Å². The molecule has 0 spiro atoms. The molecule has 10 heavy (non-hydrogen) atoms. The highest BCUT2D eigenvalue weighted by molar-refractivity contribution is 4.82. The van der Waals surface area contributed by atoms with Gasteiger partial charge in [0.25, 0.3) is 0 Å². The highest BCUT2D eigenvalue weighted by Gasteiger charge is 2.30. The SMILES string of the molecule is CN1CCCN(C)C1(C)C. The number of nitrogens with zero attached hydrogens (tertiary/aromatic N) is 2. The summed E-state index contributed by atoms with van der Waals surface area (Å²) in [6, 6.07) is 0. The molecule has 0 aromatic rings. The Hall–Kier alpha value is -0.0800. The molecule has 0 aromatic carbocycles. The lowest BCUT2D eigenvalue weighted by atomic mass is 10.1. The molecule has 1 fully saturated rings. The fourth-order valence-corrected chi connectivity index (χ4v) is 1.38. The van der Waals surface area contributed by atoms with E-state index in [-0.39, 0.29) is 5.66 Å². The van der Waals surface area contributed by atoms with Crippen molar-refractivity contribution in [2.24, 2.45) is 0 Å². The maximum atomic E-state index is 2.40. The average molecular weight is 142 g/mol. The number of hydrogen-bond donors (Lipinski definition) is 0. The molecule has 0 aliphatic carbocycles. The summed E-state index contributed by atoms with van der Waals surface area (Å²) < 4.78 is 0. The van der Waals surface area contributed by atoms with Gasteiger partial charge in [0.05, 0.1) is 5.66 Å². The van der Waals surface area contributed by atoms with Crippen molar-refractivity contribution in [1.29, 1.82) is 0 Å². The lowest BCUT2D eigenvalue weighted by molar-refractivity contribution is -0.0317. The molecule has 0 aromatic heterocycles. The highest BCUT2D eigenvalue weighted by Crippen LogP contribution is 2.20. The van der Waals surface area contributed by atoms with Crippen molar-refractivity contribution < 1.29 is 0 Å². The molecule has 0 bridgehead atoms. The Morgan fingerprint density at radius 2 is 1.40 bits per heavy atom. The first kappa shape index (κ1) is 8.02. The second kappa shape index (κ2) is 2.51. The molecule has 1 heterocycles. The predicted octanol–water partition coefficient (Wildman–Crippen LogP) is 0.990. The molecule has 0 saturated carbocycles. The van der Waals surface area contributed by atoms with E-state index in [0.717, 1.165) is 0 Å². The van der Waals surface area contributed by atoms with Crippen LogP contribution in [0.3, 0.4) is 0 Å². The van der Waals surface area contributed by atoms with Gasteiger partial charge in [-0.05, 0) is 34.4 Å². The van der Waals surface area contributed by atoms with Crippen LogP contribution in [0.25, 0.3) is 0 Å². The van der Waals surface area contributed by atoms with Gasteiger partial charge in [-0.2, -0.15) is 0 Å². The van der Waals surface area contributed by atoms with E-state index in [4.69, 9.17) is 0 Å². The smallest absolute Gasteiger partial charge is 0.0674 e. The molecule has 1 rings (SSSR count).